The summed E-state index contributed by atoms with van der Waals surface area (Å²) >= 11 is 0. The second-order valence-corrected chi connectivity index (χ2v) is 7.95. The van der Waals surface area contributed by atoms with Gasteiger partial charge < -0.3 is 10.0 Å². The van der Waals surface area contributed by atoms with E-state index < -0.39 is 5.97 Å². The molecule has 1 amide bonds. The van der Waals surface area contributed by atoms with Gasteiger partial charge in [-0.2, -0.15) is 0 Å². The van der Waals surface area contributed by atoms with Crippen LogP contribution in [0.4, 0.5) is 0 Å². The van der Waals surface area contributed by atoms with E-state index in [-0.39, 0.29) is 24.3 Å². The molecule has 0 aromatic heterocycles. The van der Waals surface area contributed by atoms with E-state index in [9.17, 15) is 14.4 Å². The van der Waals surface area contributed by atoms with E-state index in [2.05, 4.69) is 17.9 Å². The molecule has 1 aliphatic rings. The number of carboxylic acid groups (broad SMARTS) is 1. The second kappa shape index (κ2) is 9.32. The maximum atomic E-state index is 12.1. The topological polar surface area (TPSA) is 77.9 Å². The molecule has 2 rings (SSSR count). The van der Waals surface area contributed by atoms with Crippen molar-refractivity contribution in [2.24, 2.45) is 0 Å². The van der Waals surface area contributed by atoms with Gasteiger partial charge >= 0.3 is 5.97 Å². The van der Waals surface area contributed by atoms with Gasteiger partial charge in [0.15, 0.2) is 5.78 Å². The highest BCUT2D eigenvalue weighted by molar-refractivity contribution is 5.97. The summed E-state index contributed by atoms with van der Waals surface area (Å²) < 4.78 is 0. The number of aryl methyl sites for hydroxylation is 2. The minimum Gasteiger partial charge on any atom is -0.480 e. The van der Waals surface area contributed by atoms with Crippen molar-refractivity contribution in [2.75, 3.05) is 19.6 Å². The number of nitrogens with zero attached hydrogens (tertiary/aromatic N) is 2. The smallest absolute Gasteiger partial charge is 0.323 e. The Morgan fingerprint density at radius 1 is 1.11 bits per heavy atom. The first-order valence-electron chi connectivity index (χ1n) is 9.93. The normalized spacial score (nSPS) is 17.8. The van der Waals surface area contributed by atoms with Crippen LogP contribution in [0.15, 0.2) is 6.07 Å². The molecular weight excluding hydrogens is 356 g/mol. The molecule has 6 nitrogen and oxygen atoms in total. The van der Waals surface area contributed by atoms with E-state index in [1.807, 2.05) is 13.8 Å². The quantitative estimate of drug-likeness (QED) is 0.758. The van der Waals surface area contributed by atoms with Crippen LogP contribution < -0.4 is 0 Å². The third-order valence-corrected chi connectivity index (χ3v) is 5.81. The summed E-state index contributed by atoms with van der Waals surface area (Å²) in [5.41, 5.74) is 5.28. The summed E-state index contributed by atoms with van der Waals surface area (Å²) in [6.07, 6.45) is 2.49. The van der Waals surface area contributed by atoms with E-state index in [0.29, 0.717) is 0 Å². The fourth-order valence-electron chi connectivity index (χ4n) is 4.49. The number of hydrogen-bond donors (Lipinski definition) is 1. The lowest BCUT2D eigenvalue weighted by molar-refractivity contribution is -0.145. The molecule has 1 fully saturated rings. The highest BCUT2D eigenvalue weighted by atomic mass is 16.4. The highest BCUT2D eigenvalue weighted by Crippen LogP contribution is 2.26. The molecular formula is C22H32N2O4. The van der Waals surface area contributed by atoms with Gasteiger partial charge in [-0.05, 0) is 75.8 Å². The first-order valence-corrected chi connectivity index (χ1v) is 9.93. The molecule has 1 aromatic rings. The molecule has 1 N–H and O–H groups in total. The molecule has 154 valence electrons. The van der Waals surface area contributed by atoms with Gasteiger partial charge in [0.25, 0.3) is 0 Å². The number of likely N-dealkylation sites (tertiary alicyclic amines) is 1. The van der Waals surface area contributed by atoms with Crippen LogP contribution in [-0.2, 0) is 16.1 Å². The Bertz CT molecular complexity index is 772. The predicted octanol–water partition coefficient (Wildman–Crippen LogP) is 3.10. The SMILES string of the molecule is CC(=O)c1c(C)cc(C)c(CN2CCCC(N(CC(=O)O)C(C)=O)CC2)c1C. The highest BCUT2D eigenvalue weighted by Gasteiger charge is 2.26. The molecule has 0 radical (unpaired) electrons. The summed E-state index contributed by atoms with van der Waals surface area (Å²) in [6.45, 7) is 11.4. The number of Topliss-reactive ketones (excluding diaryl/α,β-unsaturated/α-hetero) is 1. The van der Waals surface area contributed by atoms with Crippen molar-refractivity contribution in [1.29, 1.82) is 0 Å². The molecule has 0 saturated carbocycles. The standard InChI is InChI=1S/C22H32N2O4/c1-14-11-15(2)22(17(4)25)16(3)20(14)12-23-9-6-7-19(8-10-23)24(18(5)26)13-21(27)28/h11,19H,6-10,12-13H2,1-5H3,(H,27,28). The molecule has 0 bridgehead atoms. The van der Waals surface area contributed by atoms with Gasteiger partial charge in [-0.3, -0.25) is 19.3 Å². The van der Waals surface area contributed by atoms with Crippen LogP contribution in [0.1, 0.15) is 65.7 Å². The summed E-state index contributed by atoms with van der Waals surface area (Å²) in [5.74, 6) is -1.06. The van der Waals surface area contributed by atoms with Gasteiger partial charge in [-0.25, -0.2) is 0 Å². The third kappa shape index (κ3) is 5.19. The van der Waals surface area contributed by atoms with Crippen LogP contribution in [0.25, 0.3) is 0 Å². The lowest BCUT2D eigenvalue weighted by Crippen LogP contribution is -2.42. The number of hydrogen-bond acceptors (Lipinski definition) is 4. The van der Waals surface area contributed by atoms with Crippen molar-refractivity contribution in [3.8, 4) is 0 Å². The average molecular weight is 389 g/mol. The molecule has 1 atom stereocenters. The number of amides is 1. The zero-order valence-electron chi connectivity index (χ0n) is 17.7. The Hall–Kier alpha value is -2.21. The third-order valence-electron chi connectivity index (χ3n) is 5.81. The Balaban J connectivity index is 2.16. The van der Waals surface area contributed by atoms with E-state index in [1.54, 1.807) is 6.92 Å². The van der Waals surface area contributed by atoms with Crippen molar-refractivity contribution >= 4 is 17.7 Å². The van der Waals surface area contributed by atoms with Crippen molar-refractivity contribution < 1.29 is 19.5 Å². The summed E-state index contributed by atoms with van der Waals surface area (Å²) in [4.78, 5) is 38.9. The van der Waals surface area contributed by atoms with Crippen LogP contribution in [0.3, 0.4) is 0 Å². The van der Waals surface area contributed by atoms with Gasteiger partial charge in [0.1, 0.15) is 6.54 Å². The number of ketones is 1. The minimum absolute atomic E-state index is 0.0356. The first-order chi connectivity index (χ1) is 13.1. The Kier molecular flexibility index (Phi) is 7.35. The number of aliphatic carboxylic acids is 1. The van der Waals surface area contributed by atoms with Gasteiger partial charge in [0, 0.05) is 31.6 Å². The van der Waals surface area contributed by atoms with E-state index in [1.165, 1.54) is 23.0 Å². The number of benzene rings is 1. The molecule has 1 aliphatic heterocycles. The summed E-state index contributed by atoms with van der Waals surface area (Å²) in [7, 11) is 0. The molecule has 1 unspecified atom stereocenters. The van der Waals surface area contributed by atoms with Crippen LogP contribution in [0.5, 0.6) is 0 Å². The Morgan fingerprint density at radius 2 is 1.79 bits per heavy atom. The summed E-state index contributed by atoms with van der Waals surface area (Å²) in [5, 5.41) is 9.10. The van der Waals surface area contributed by atoms with Crippen LogP contribution in [0, 0.1) is 20.8 Å². The monoisotopic (exact) mass is 388 g/mol. The van der Waals surface area contributed by atoms with Crippen molar-refractivity contribution in [3.05, 3.63) is 33.9 Å². The largest absolute Gasteiger partial charge is 0.480 e. The van der Waals surface area contributed by atoms with Crippen LogP contribution in [0.2, 0.25) is 0 Å². The molecule has 1 heterocycles. The van der Waals surface area contributed by atoms with Crippen LogP contribution in [-0.4, -0.2) is 58.2 Å². The summed E-state index contributed by atoms with van der Waals surface area (Å²) in [6, 6.07) is 2.05. The van der Waals surface area contributed by atoms with Gasteiger partial charge in [0.05, 0.1) is 0 Å². The molecule has 6 heteroatoms. The lowest BCUT2D eigenvalue weighted by Gasteiger charge is -2.29. The molecule has 1 aromatic carbocycles. The zero-order valence-corrected chi connectivity index (χ0v) is 17.7. The second-order valence-electron chi connectivity index (χ2n) is 7.95. The Labute approximate surface area is 167 Å². The Morgan fingerprint density at radius 3 is 2.36 bits per heavy atom. The van der Waals surface area contributed by atoms with E-state index in [0.717, 1.165) is 55.6 Å². The number of carbonyl (C=O) groups is 3. The van der Waals surface area contributed by atoms with Gasteiger partial charge in [-0.15, -0.1) is 0 Å². The predicted molar refractivity (Wildman–Crippen MR) is 109 cm³/mol. The van der Waals surface area contributed by atoms with Gasteiger partial charge in [-0.1, -0.05) is 6.07 Å². The van der Waals surface area contributed by atoms with Crippen molar-refractivity contribution in [2.45, 2.75) is 66.5 Å². The molecule has 0 spiro atoms. The fourth-order valence-corrected chi connectivity index (χ4v) is 4.49. The van der Waals surface area contributed by atoms with E-state index in [4.69, 9.17) is 5.11 Å². The van der Waals surface area contributed by atoms with Crippen molar-refractivity contribution in [3.63, 3.8) is 0 Å². The maximum absolute atomic E-state index is 12.1. The van der Waals surface area contributed by atoms with E-state index >= 15 is 0 Å². The van der Waals surface area contributed by atoms with Gasteiger partial charge in [0.2, 0.25) is 5.91 Å². The van der Waals surface area contributed by atoms with Crippen molar-refractivity contribution in [1.82, 2.24) is 9.80 Å². The van der Waals surface area contributed by atoms with Crippen LogP contribution >= 0.6 is 0 Å². The number of carboxylic acids is 1. The lowest BCUT2D eigenvalue weighted by atomic mass is 9.91. The fraction of sp³-hybridized carbons (Fsp3) is 0.591. The molecule has 1 saturated heterocycles. The minimum atomic E-state index is -0.973. The zero-order chi connectivity index (χ0) is 21.0. The average Bonchev–Trinajstić information content (AvgIpc) is 2.81. The number of rotatable bonds is 6. The number of carbonyl (C=O) groups excluding carboxylic acids is 2. The maximum Gasteiger partial charge on any atom is 0.323 e. The molecule has 0 aliphatic carbocycles. The first kappa shape index (κ1) is 22.1. The molecule has 28 heavy (non-hydrogen) atoms.